The Bertz CT molecular complexity index is 305. The lowest BCUT2D eigenvalue weighted by Crippen LogP contribution is -2.44. The smallest absolute Gasteiger partial charge is 0.106 e. The molecular formula is C11H15NO3. The zero-order chi connectivity index (χ0) is 10.8. The Labute approximate surface area is 88.5 Å². The van der Waals surface area contributed by atoms with Gasteiger partial charge in [0.2, 0.25) is 0 Å². The summed E-state index contributed by atoms with van der Waals surface area (Å²) in [7, 11) is 0. The second-order valence-corrected chi connectivity index (χ2v) is 3.88. The van der Waals surface area contributed by atoms with Gasteiger partial charge in [0, 0.05) is 12.6 Å². The van der Waals surface area contributed by atoms with Crippen LogP contribution in [0.4, 0.5) is 0 Å². The number of pyridine rings is 1. The Kier molecular flexibility index (Phi) is 3.00. The van der Waals surface area contributed by atoms with Crippen molar-refractivity contribution in [2.75, 3.05) is 0 Å². The Morgan fingerprint density at radius 1 is 1.40 bits per heavy atom. The van der Waals surface area contributed by atoms with Crippen LogP contribution in [-0.2, 0) is 4.74 Å². The van der Waals surface area contributed by atoms with Gasteiger partial charge in [-0.15, -0.1) is 0 Å². The molecule has 0 radical (unpaired) electrons. The summed E-state index contributed by atoms with van der Waals surface area (Å²) >= 11 is 0. The lowest BCUT2D eigenvalue weighted by molar-refractivity contribution is -0.164. The van der Waals surface area contributed by atoms with E-state index in [9.17, 15) is 10.2 Å². The van der Waals surface area contributed by atoms with Crippen LogP contribution < -0.4 is 0 Å². The van der Waals surface area contributed by atoms with E-state index < -0.39 is 12.2 Å². The number of rotatable bonds is 1. The Morgan fingerprint density at radius 2 is 2.20 bits per heavy atom. The van der Waals surface area contributed by atoms with Crippen LogP contribution in [0, 0.1) is 0 Å². The molecule has 15 heavy (non-hydrogen) atoms. The first-order valence-electron chi connectivity index (χ1n) is 5.11. The highest BCUT2D eigenvalue weighted by Crippen LogP contribution is 2.30. The van der Waals surface area contributed by atoms with Gasteiger partial charge in [0.1, 0.15) is 12.2 Å². The number of aromatic nitrogens is 1. The van der Waals surface area contributed by atoms with E-state index in [2.05, 4.69) is 4.98 Å². The molecule has 4 unspecified atom stereocenters. The van der Waals surface area contributed by atoms with Crippen molar-refractivity contribution in [3.05, 3.63) is 30.1 Å². The van der Waals surface area contributed by atoms with Crippen LogP contribution in [0.2, 0.25) is 0 Å². The van der Waals surface area contributed by atoms with E-state index >= 15 is 0 Å². The lowest BCUT2D eigenvalue weighted by atomic mass is 9.97. The van der Waals surface area contributed by atoms with Gasteiger partial charge in [-0.2, -0.15) is 0 Å². The van der Waals surface area contributed by atoms with E-state index in [0.29, 0.717) is 6.42 Å². The van der Waals surface area contributed by atoms with Gasteiger partial charge < -0.3 is 14.9 Å². The molecule has 2 heterocycles. The summed E-state index contributed by atoms with van der Waals surface area (Å²) in [5.41, 5.74) is 0.801. The van der Waals surface area contributed by atoms with E-state index in [1.54, 1.807) is 13.1 Å². The van der Waals surface area contributed by atoms with Gasteiger partial charge in [-0.05, 0) is 19.1 Å². The third-order valence-corrected chi connectivity index (χ3v) is 2.73. The van der Waals surface area contributed by atoms with Gasteiger partial charge in [0.25, 0.3) is 0 Å². The van der Waals surface area contributed by atoms with Crippen molar-refractivity contribution < 1.29 is 14.9 Å². The molecule has 1 aliphatic heterocycles. The van der Waals surface area contributed by atoms with Crippen molar-refractivity contribution in [2.24, 2.45) is 0 Å². The van der Waals surface area contributed by atoms with Crippen molar-refractivity contribution in [2.45, 2.75) is 37.8 Å². The average Bonchev–Trinajstić information content (AvgIpc) is 2.26. The summed E-state index contributed by atoms with van der Waals surface area (Å²) in [5.74, 6) is 0. The molecule has 0 amide bonds. The maximum Gasteiger partial charge on any atom is 0.106 e. The predicted molar refractivity (Wildman–Crippen MR) is 54.2 cm³/mol. The van der Waals surface area contributed by atoms with E-state index in [4.69, 9.17) is 4.74 Å². The van der Waals surface area contributed by atoms with E-state index in [-0.39, 0.29) is 12.2 Å². The third-order valence-electron chi connectivity index (χ3n) is 2.73. The number of aliphatic hydroxyl groups excluding tert-OH is 2. The van der Waals surface area contributed by atoms with Crippen LogP contribution in [0.1, 0.15) is 25.1 Å². The maximum atomic E-state index is 9.62. The minimum atomic E-state index is -0.801. The van der Waals surface area contributed by atoms with E-state index in [0.717, 1.165) is 5.69 Å². The zero-order valence-corrected chi connectivity index (χ0v) is 8.58. The monoisotopic (exact) mass is 209 g/mol. The highest BCUT2D eigenvalue weighted by Gasteiger charge is 2.35. The molecule has 2 rings (SSSR count). The average molecular weight is 209 g/mol. The highest BCUT2D eigenvalue weighted by molar-refractivity contribution is 5.08. The Hall–Kier alpha value is -0.970. The van der Waals surface area contributed by atoms with Gasteiger partial charge in [0.15, 0.2) is 0 Å². The van der Waals surface area contributed by atoms with Crippen molar-refractivity contribution >= 4 is 0 Å². The fourth-order valence-electron chi connectivity index (χ4n) is 1.82. The summed E-state index contributed by atoms with van der Waals surface area (Å²) in [6.45, 7) is 1.75. The molecule has 0 spiro atoms. The normalized spacial score (nSPS) is 36.5. The summed E-state index contributed by atoms with van der Waals surface area (Å²) in [4.78, 5) is 4.18. The summed E-state index contributed by atoms with van der Waals surface area (Å²) in [6.07, 6.45) is -0.0328. The summed E-state index contributed by atoms with van der Waals surface area (Å²) in [6, 6.07) is 5.58. The van der Waals surface area contributed by atoms with Crippen molar-refractivity contribution in [3.8, 4) is 0 Å². The van der Waals surface area contributed by atoms with Crippen molar-refractivity contribution in [1.29, 1.82) is 0 Å². The quantitative estimate of drug-likeness (QED) is 0.713. The van der Waals surface area contributed by atoms with Crippen LogP contribution in [-0.4, -0.2) is 33.5 Å². The molecule has 1 aliphatic rings. The van der Waals surface area contributed by atoms with E-state index in [1.807, 2.05) is 18.2 Å². The molecule has 0 aromatic carbocycles. The number of hydrogen-bond acceptors (Lipinski definition) is 4. The van der Waals surface area contributed by atoms with Crippen LogP contribution in [0.15, 0.2) is 24.4 Å². The van der Waals surface area contributed by atoms with Gasteiger partial charge in [0.05, 0.1) is 17.9 Å². The molecule has 1 fully saturated rings. The molecule has 2 N–H and O–H groups in total. The first-order valence-corrected chi connectivity index (χ1v) is 5.11. The van der Waals surface area contributed by atoms with Gasteiger partial charge >= 0.3 is 0 Å². The maximum absolute atomic E-state index is 9.62. The zero-order valence-electron chi connectivity index (χ0n) is 8.58. The van der Waals surface area contributed by atoms with Crippen LogP contribution in [0.5, 0.6) is 0 Å². The summed E-state index contributed by atoms with van der Waals surface area (Å²) in [5, 5.41) is 19.1. The largest absolute Gasteiger partial charge is 0.390 e. The second-order valence-electron chi connectivity index (χ2n) is 3.88. The van der Waals surface area contributed by atoms with Gasteiger partial charge in [-0.3, -0.25) is 4.98 Å². The molecule has 4 nitrogen and oxygen atoms in total. The fourth-order valence-corrected chi connectivity index (χ4v) is 1.82. The fraction of sp³-hybridized carbons (Fsp3) is 0.545. The van der Waals surface area contributed by atoms with E-state index in [1.165, 1.54) is 0 Å². The molecular weight excluding hydrogens is 194 g/mol. The molecule has 4 heteroatoms. The SMILES string of the molecule is CC1OC(c2ccccn2)CC(O)C1O. The number of hydrogen-bond donors (Lipinski definition) is 2. The topological polar surface area (TPSA) is 62.6 Å². The van der Waals surface area contributed by atoms with Gasteiger partial charge in [-0.25, -0.2) is 0 Å². The van der Waals surface area contributed by atoms with Crippen molar-refractivity contribution in [1.82, 2.24) is 4.98 Å². The lowest BCUT2D eigenvalue weighted by Gasteiger charge is -2.35. The minimum absolute atomic E-state index is 0.223. The van der Waals surface area contributed by atoms with Gasteiger partial charge in [-0.1, -0.05) is 6.07 Å². The number of nitrogens with zero attached hydrogens (tertiary/aromatic N) is 1. The van der Waals surface area contributed by atoms with Crippen LogP contribution in [0.25, 0.3) is 0 Å². The summed E-state index contributed by atoms with van der Waals surface area (Å²) < 4.78 is 5.58. The highest BCUT2D eigenvalue weighted by atomic mass is 16.5. The molecule has 0 aliphatic carbocycles. The molecule has 4 atom stereocenters. The molecule has 1 saturated heterocycles. The molecule has 82 valence electrons. The Morgan fingerprint density at radius 3 is 2.80 bits per heavy atom. The predicted octanol–water partition coefficient (Wildman–Crippen LogP) is 0.653. The molecule has 1 aromatic heterocycles. The third kappa shape index (κ3) is 2.17. The minimum Gasteiger partial charge on any atom is -0.390 e. The second kappa shape index (κ2) is 4.26. The number of aliphatic hydroxyl groups is 2. The molecule has 1 aromatic rings. The molecule has 0 saturated carbocycles. The standard InChI is InChI=1S/C11H15NO3/c1-7-11(14)9(13)6-10(15-7)8-4-2-3-5-12-8/h2-5,7,9-11,13-14H,6H2,1H3. The van der Waals surface area contributed by atoms with Crippen molar-refractivity contribution in [3.63, 3.8) is 0 Å². The first-order chi connectivity index (χ1) is 7.18. The van der Waals surface area contributed by atoms with Crippen LogP contribution >= 0.6 is 0 Å². The van der Waals surface area contributed by atoms with Crippen LogP contribution in [0.3, 0.4) is 0 Å². The Balaban J connectivity index is 2.13. The molecule has 0 bridgehead atoms. The first kappa shape index (κ1) is 10.5. The number of ether oxygens (including phenoxy) is 1.